The lowest BCUT2D eigenvalue weighted by atomic mass is 9.79. The van der Waals surface area contributed by atoms with Gasteiger partial charge in [0.05, 0.1) is 5.69 Å². The van der Waals surface area contributed by atoms with Crippen LogP contribution in [0.5, 0.6) is 5.75 Å². The van der Waals surface area contributed by atoms with Crippen LogP contribution in [0.25, 0.3) is 0 Å². The standard InChI is InChI=1S/C22H30N2O3/c1-3-5-6-16-7-9-17(10-8-16)22(26)23-18-11-12-20-19(14-18)24(13-4-2)21(25)15-27-20/h4,11-12,14,16-17H,2-3,5-10,13,15H2,1H3,(H,23,26). The molecule has 1 N–H and O–H groups in total. The SMILES string of the molecule is C=CCN1C(=O)COc2ccc(NC(=O)C3CCC(CCCC)CC3)cc21. The second kappa shape index (κ2) is 9.07. The molecule has 1 heterocycles. The second-order valence-corrected chi connectivity index (χ2v) is 7.61. The Morgan fingerprint density at radius 3 is 2.81 bits per heavy atom. The molecule has 0 radical (unpaired) electrons. The Labute approximate surface area is 161 Å². The number of fused-ring (bicyclic) bond motifs is 1. The van der Waals surface area contributed by atoms with Gasteiger partial charge in [0.2, 0.25) is 5.91 Å². The minimum absolute atomic E-state index is 0.0355. The van der Waals surface area contributed by atoms with Gasteiger partial charge in [0.1, 0.15) is 5.75 Å². The van der Waals surface area contributed by atoms with Crippen molar-refractivity contribution in [2.75, 3.05) is 23.4 Å². The molecule has 0 bridgehead atoms. The van der Waals surface area contributed by atoms with E-state index in [0.717, 1.165) is 31.6 Å². The van der Waals surface area contributed by atoms with Gasteiger partial charge in [-0.15, -0.1) is 6.58 Å². The summed E-state index contributed by atoms with van der Waals surface area (Å²) < 4.78 is 5.49. The first-order chi connectivity index (χ1) is 13.1. The van der Waals surface area contributed by atoms with Crippen LogP contribution < -0.4 is 15.0 Å². The molecule has 3 rings (SSSR count). The Morgan fingerprint density at radius 2 is 2.11 bits per heavy atom. The Bertz CT molecular complexity index is 693. The average Bonchev–Trinajstić information content (AvgIpc) is 2.69. The van der Waals surface area contributed by atoms with Crippen LogP contribution in [0, 0.1) is 11.8 Å². The van der Waals surface area contributed by atoms with E-state index in [1.165, 1.54) is 19.3 Å². The molecule has 0 unspecified atom stereocenters. The maximum absolute atomic E-state index is 12.7. The summed E-state index contributed by atoms with van der Waals surface area (Å²) in [5.41, 5.74) is 1.39. The summed E-state index contributed by atoms with van der Waals surface area (Å²) in [4.78, 5) is 26.4. The number of ether oxygens (including phenoxy) is 1. The van der Waals surface area contributed by atoms with E-state index in [-0.39, 0.29) is 24.3 Å². The van der Waals surface area contributed by atoms with Crippen molar-refractivity contribution in [1.29, 1.82) is 0 Å². The van der Waals surface area contributed by atoms with Gasteiger partial charge in [-0.1, -0.05) is 32.3 Å². The smallest absolute Gasteiger partial charge is 0.265 e. The van der Waals surface area contributed by atoms with E-state index in [2.05, 4.69) is 18.8 Å². The molecule has 1 saturated carbocycles. The lowest BCUT2D eigenvalue weighted by Crippen LogP contribution is -2.38. The first-order valence-electron chi connectivity index (χ1n) is 10.1. The number of amides is 2. The lowest BCUT2D eigenvalue weighted by molar-refractivity contribution is -0.121. The maximum Gasteiger partial charge on any atom is 0.265 e. The number of nitrogens with one attached hydrogen (secondary N) is 1. The predicted molar refractivity (Wildman–Crippen MR) is 108 cm³/mol. The van der Waals surface area contributed by atoms with Crippen LogP contribution in [0.2, 0.25) is 0 Å². The third-order valence-electron chi connectivity index (χ3n) is 5.66. The highest BCUT2D eigenvalue weighted by molar-refractivity contribution is 6.00. The molecule has 0 atom stereocenters. The molecule has 2 aliphatic rings. The van der Waals surface area contributed by atoms with Crippen molar-refractivity contribution in [1.82, 2.24) is 0 Å². The molecule has 27 heavy (non-hydrogen) atoms. The normalized spacial score (nSPS) is 22.0. The number of nitrogens with zero attached hydrogens (tertiary/aromatic N) is 1. The van der Waals surface area contributed by atoms with E-state index in [1.807, 2.05) is 18.2 Å². The fourth-order valence-electron chi connectivity index (χ4n) is 4.06. The number of carbonyl (C=O) groups excluding carboxylic acids is 2. The lowest BCUT2D eigenvalue weighted by Gasteiger charge is -2.30. The molecule has 0 aromatic heterocycles. The van der Waals surface area contributed by atoms with Gasteiger partial charge in [0.25, 0.3) is 5.91 Å². The Morgan fingerprint density at radius 1 is 1.33 bits per heavy atom. The second-order valence-electron chi connectivity index (χ2n) is 7.61. The number of anilines is 2. The number of rotatable bonds is 7. The molecule has 1 aromatic rings. The van der Waals surface area contributed by atoms with E-state index in [1.54, 1.807) is 11.0 Å². The van der Waals surface area contributed by atoms with Crippen molar-refractivity contribution < 1.29 is 14.3 Å². The molecule has 1 aliphatic heterocycles. The van der Waals surface area contributed by atoms with Gasteiger partial charge in [-0.2, -0.15) is 0 Å². The van der Waals surface area contributed by atoms with E-state index < -0.39 is 0 Å². The molecule has 5 heteroatoms. The van der Waals surface area contributed by atoms with E-state index in [9.17, 15) is 9.59 Å². The average molecular weight is 370 g/mol. The number of carbonyl (C=O) groups is 2. The van der Waals surface area contributed by atoms with Crippen molar-refractivity contribution >= 4 is 23.2 Å². The quantitative estimate of drug-likeness (QED) is 0.717. The molecular weight excluding hydrogens is 340 g/mol. The molecule has 146 valence electrons. The highest BCUT2D eigenvalue weighted by Crippen LogP contribution is 2.36. The topological polar surface area (TPSA) is 58.6 Å². The molecule has 2 amide bonds. The van der Waals surface area contributed by atoms with Gasteiger partial charge in [0.15, 0.2) is 6.61 Å². The van der Waals surface area contributed by atoms with Gasteiger partial charge in [-0.3, -0.25) is 9.59 Å². The summed E-state index contributed by atoms with van der Waals surface area (Å²) >= 11 is 0. The molecule has 1 fully saturated rings. The Balaban J connectivity index is 1.62. The summed E-state index contributed by atoms with van der Waals surface area (Å²) in [6, 6.07) is 5.47. The zero-order valence-corrected chi connectivity index (χ0v) is 16.2. The van der Waals surface area contributed by atoms with Crippen LogP contribution in [-0.4, -0.2) is 25.0 Å². The van der Waals surface area contributed by atoms with Gasteiger partial charge < -0.3 is 15.0 Å². The first kappa shape index (κ1) is 19.5. The van der Waals surface area contributed by atoms with Crippen LogP contribution in [0.1, 0.15) is 51.9 Å². The first-order valence-corrected chi connectivity index (χ1v) is 10.1. The monoisotopic (exact) mass is 370 g/mol. The van der Waals surface area contributed by atoms with Crippen molar-refractivity contribution in [3.05, 3.63) is 30.9 Å². The van der Waals surface area contributed by atoms with E-state index in [0.29, 0.717) is 23.7 Å². The fraction of sp³-hybridized carbons (Fsp3) is 0.545. The van der Waals surface area contributed by atoms with Crippen molar-refractivity contribution in [2.24, 2.45) is 11.8 Å². The number of unbranched alkanes of at least 4 members (excludes halogenated alkanes) is 1. The van der Waals surface area contributed by atoms with Crippen LogP contribution in [0.3, 0.4) is 0 Å². The minimum Gasteiger partial charge on any atom is -0.482 e. The van der Waals surface area contributed by atoms with E-state index in [4.69, 9.17) is 4.74 Å². The van der Waals surface area contributed by atoms with Gasteiger partial charge in [0, 0.05) is 18.2 Å². The molecule has 0 spiro atoms. The highest BCUT2D eigenvalue weighted by atomic mass is 16.5. The predicted octanol–water partition coefficient (Wildman–Crippen LogP) is 4.53. The van der Waals surface area contributed by atoms with Crippen LogP contribution in [0.15, 0.2) is 30.9 Å². The van der Waals surface area contributed by atoms with Crippen molar-refractivity contribution in [3.8, 4) is 5.75 Å². The van der Waals surface area contributed by atoms with Gasteiger partial charge in [-0.25, -0.2) is 0 Å². The summed E-state index contributed by atoms with van der Waals surface area (Å²) in [5, 5.41) is 3.04. The molecule has 0 saturated heterocycles. The third kappa shape index (κ3) is 4.71. The molecule has 1 aliphatic carbocycles. The fourth-order valence-corrected chi connectivity index (χ4v) is 4.06. The summed E-state index contributed by atoms with van der Waals surface area (Å²) in [6.07, 6.45) is 9.75. The van der Waals surface area contributed by atoms with Gasteiger partial charge in [-0.05, 0) is 49.8 Å². The summed E-state index contributed by atoms with van der Waals surface area (Å²) in [5.74, 6) is 1.51. The van der Waals surface area contributed by atoms with Crippen LogP contribution >= 0.6 is 0 Å². The molecule has 1 aromatic carbocycles. The Hall–Kier alpha value is -2.30. The molecular formula is C22H30N2O3. The maximum atomic E-state index is 12.7. The van der Waals surface area contributed by atoms with Crippen molar-refractivity contribution in [3.63, 3.8) is 0 Å². The Kier molecular flexibility index (Phi) is 6.54. The van der Waals surface area contributed by atoms with Crippen LogP contribution in [-0.2, 0) is 9.59 Å². The number of hydrogen-bond acceptors (Lipinski definition) is 3. The van der Waals surface area contributed by atoms with Crippen LogP contribution in [0.4, 0.5) is 11.4 Å². The zero-order chi connectivity index (χ0) is 19.2. The number of benzene rings is 1. The van der Waals surface area contributed by atoms with Gasteiger partial charge >= 0.3 is 0 Å². The minimum atomic E-state index is -0.101. The summed E-state index contributed by atoms with van der Waals surface area (Å²) in [7, 11) is 0. The highest BCUT2D eigenvalue weighted by Gasteiger charge is 2.28. The third-order valence-corrected chi connectivity index (χ3v) is 5.66. The van der Waals surface area contributed by atoms with Crippen molar-refractivity contribution in [2.45, 2.75) is 51.9 Å². The summed E-state index contributed by atoms with van der Waals surface area (Å²) in [6.45, 7) is 6.40. The zero-order valence-electron chi connectivity index (χ0n) is 16.2. The molecule has 5 nitrogen and oxygen atoms in total. The van der Waals surface area contributed by atoms with E-state index >= 15 is 0 Å². The number of hydrogen-bond donors (Lipinski definition) is 1. The largest absolute Gasteiger partial charge is 0.482 e.